The molecule has 2 nitrogen and oxygen atoms in total. The van der Waals surface area contributed by atoms with E-state index in [0.717, 1.165) is 18.1 Å². The lowest BCUT2D eigenvalue weighted by molar-refractivity contribution is 0.0947. The Hall–Kier alpha value is -0.340. The Morgan fingerprint density at radius 1 is 1.29 bits per heavy atom. The molecule has 2 heteroatoms. The van der Waals surface area contributed by atoms with Crippen LogP contribution < -0.4 is 5.32 Å². The van der Waals surface area contributed by atoms with Crippen LogP contribution in [0.1, 0.15) is 32.6 Å². The molecule has 80 valence electrons. The van der Waals surface area contributed by atoms with Crippen LogP contribution in [0.4, 0.5) is 0 Å². The highest BCUT2D eigenvalue weighted by atomic mass is 15.2. The summed E-state index contributed by atoms with van der Waals surface area (Å²) in [6.07, 6.45) is 9.84. The number of hydrogen-bond acceptors (Lipinski definition) is 2. The van der Waals surface area contributed by atoms with Gasteiger partial charge in [-0.3, -0.25) is 4.90 Å². The van der Waals surface area contributed by atoms with Crippen molar-refractivity contribution in [2.45, 2.75) is 50.7 Å². The van der Waals surface area contributed by atoms with Gasteiger partial charge in [0, 0.05) is 24.7 Å². The molecule has 0 spiro atoms. The first kappa shape index (κ1) is 10.2. The summed E-state index contributed by atoms with van der Waals surface area (Å²) in [6, 6.07) is 2.31. The van der Waals surface area contributed by atoms with Crippen molar-refractivity contribution in [2.24, 2.45) is 0 Å². The first-order valence-electron chi connectivity index (χ1n) is 5.89. The van der Waals surface area contributed by atoms with E-state index in [9.17, 15) is 0 Å². The van der Waals surface area contributed by atoms with Crippen molar-refractivity contribution in [3.8, 4) is 0 Å². The topological polar surface area (TPSA) is 15.3 Å². The molecular formula is C12H22N2. The van der Waals surface area contributed by atoms with Gasteiger partial charge in [-0.15, -0.1) is 0 Å². The first-order chi connectivity index (χ1) is 6.81. The second-order valence-corrected chi connectivity index (χ2v) is 4.69. The maximum Gasteiger partial charge on any atom is 0.0167 e. The number of hydrogen-bond donors (Lipinski definition) is 1. The van der Waals surface area contributed by atoms with E-state index in [-0.39, 0.29) is 0 Å². The standard InChI is InChI=1S/C12H22N2/c1-10-9-11(13-2)7-8-14(10)12-5-3-4-6-12/h3-4,10-13H,5-9H2,1-2H3. The van der Waals surface area contributed by atoms with Gasteiger partial charge in [-0.2, -0.15) is 0 Å². The summed E-state index contributed by atoms with van der Waals surface area (Å²) in [7, 11) is 2.09. The van der Waals surface area contributed by atoms with Crippen LogP contribution >= 0.6 is 0 Å². The molecule has 1 aliphatic heterocycles. The molecule has 1 fully saturated rings. The lowest BCUT2D eigenvalue weighted by Gasteiger charge is -2.41. The fraction of sp³-hybridized carbons (Fsp3) is 0.833. The largest absolute Gasteiger partial charge is 0.317 e. The molecule has 1 N–H and O–H groups in total. The van der Waals surface area contributed by atoms with E-state index >= 15 is 0 Å². The minimum Gasteiger partial charge on any atom is -0.317 e. The number of piperidine rings is 1. The Labute approximate surface area is 87.4 Å². The molecule has 14 heavy (non-hydrogen) atoms. The second kappa shape index (κ2) is 4.45. The van der Waals surface area contributed by atoms with Crippen LogP contribution in [0.25, 0.3) is 0 Å². The summed E-state index contributed by atoms with van der Waals surface area (Å²) in [5.74, 6) is 0. The molecule has 2 aliphatic rings. The maximum absolute atomic E-state index is 3.40. The summed E-state index contributed by atoms with van der Waals surface area (Å²) in [6.45, 7) is 3.65. The van der Waals surface area contributed by atoms with E-state index in [1.165, 1.54) is 32.2 Å². The molecule has 0 radical (unpaired) electrons. The molecule has 2 unspecified atom stereocenters. The van der Waals surface area contributed by atoms with Crippen LogP contribution in [0, 0.1) is 0 Å². The molecule has 0 aromatic heterocycles. The third kappa shape index (κ3) is 2.01. The van der Waals surface area contributed by atoms with Crippen LogP contribution in [0.2, 0.25) is 0 Å². The van der Waals surface area contributed by atoms with Gasteiger partial charge >= 0.3 is 0 Å². The molecule has 0 bridgehead atoms. The fourth-order valence-electron chi connectivity index (χ4n) is 2.87. The number of likely N-dealkylation sites (tertiary alicyclic amines) is 1. The predicted molar refractivity (Wildman–Crippen MR) is 60.4 cm³/mol. The van der Waals surface area contributed by atoms with Gasteiger partial charge in [-0.25, -0.2) is 0 Å². The molecule has 0 amide bonds. The van der Waals surface area contributed by atoms with Crippen molar-refractivity contribution < 1.29 is 0 Å². The number of rotatable bonds is 2. The zero-order chi connectivity index (χ0) is 9.97. The van der Waals surface area contributed by atoms with Gasteiger partial charge in [0.05, 0.1) is 0 Å². The lowest BCUT2D eigenvalue weighted by Crippen LogP contribution is -2.50. The zero-order valence-corrected chi connectivity index (χ0v) is 9.37. The number of nitrogens with zero attached hydrogens (tertiary/aromatic N) is 1. The Bertz CT molecular complexity index is 204. The molecule has 1 saturated heterocycles. The Morgan fingerprint density at radius 3 is 2.57 bits per heavy atom. The van der Waals surface area contributed by atoms with Gasteiger partial charge in [0.1, 0.15) is 0 Å². The van der Waals surface area contributed by atoms with E-state index in [1.54, 1.807) is 0 Å². The smallest absolute Gasteiger partial charge is 0.0167 e. The van der Waals surface area contributed by atoms with E-state index in [1.807, 2.05) is 0 Å². The Morgan fingerprint density at radius 2 is 2.00 bits per heavy atom. The highest BCUT2D eigenvalue weighted by Gasteiger charge is 2.29. The van der Waals surface area contributed by atoms with Crippen molar-refractivity contribution in [1.82, 2.24) is 10.2 Å². The summed E-state index contributed by atoms with van der Waals surface area (Å²) in [5, 5.41) is 3.40. The Kier molecular flexibility index (Phi) is 3.24. The molecule has 0 aromatic rings. The van der Waals surface area contributed by atoms with Crippen LogP contribution in [0.15, 0.2) is 12.2 Å². The molecule has 1 aliphatic carbocycles. The molecular weight excluding hydrogens is 172 g/mol. The summed E-state index contributed by atoms with van der Waals surface area (Å²) in [5.41, 5.74) is 0. The quantitative estimate of drug-likeness (QED) is 0.674. The van der Waals surface area contributed by atoms with Gasteiger partial charge < -0.3 is 5.32 Å². The van der Waals surface area contributed by atoms with Crippen LogP contribution in [-0.4, -0.2) is 36.6 Å². The average molecular weight is 194 g/mol. The van der Waals surface area contributed by atoms with Crippen LogP contribution in [0.3, 0.4) is 0 Å². The van der Waals surface area contributed by atoms with Crippen LogP contribution in [0.5, 0.6) is 0 Å². The second-order valence-electron chi connectivity index (χ2n) is 4.69. The van der Waals surface area contributed by atoms with Crippen molar-refractivity contribution in [3.05, 3.63) is 12.2 Å². The molecule has 1 heterocycles. The molecule has 0 aromatic carbocycles. The van der Waals surface area contributed by atoms with Gasteiger partial charge in [0.15, 0.2) is 0 Å². The SMILES string of the molecule is CNC1CCN(C2CC=CC2)C(C)C1. The third-order valence-corrected chi connectivity index (χ3v) is 3.79. The third-order valence-electron chi connectivity index (χ3n) is 3.79. The van der Waals surface area contributed by atoms with Crippen molar-refractivity contribution in [1.29, 1.82) is 0 Å². The predicted octanol–water partition coefficient (Wildman–Crippen LogP) is 1.78. The first-order valence-corrected chi connectivity index (χ1v) is 5.89. The van der Waals surface area contributed by atoms with Gasteiger partial charge in [-0.1, -0.05) is 12.2 Å². The van der Waals surface area contributed by atoms with Gasteiger partial charge in [0.25, 0.3) is 0 Å². The molecule has 2 atom stereocenters. The van der Waals surface area contributed by atoms with E-state index < -0.39 is 0 Å². The van der Waals surface area contributed by atoms with Crippen molar-refractivity contribution in [3.63, 3.8) is 0 Å². The lowest BCUT2D eigenvalue weighted by atomic mass is 9.96. The zero-order valence-electron chi connectivity index (χ0n) is 9.37. The maximum atomic E-state index is 3.40. The van der Waals surface area contributed by atoms with Crippen LogP contribution in [-0.2, 0) is 0 Å². The van der Waals surface area contributed by atoms with Gasteiger partial charge in [0.2, 0.25) is 0 Å². The highest BCUT2D eigenvalue weighted by Crippen LogP contribution is 2.25. The fourth-order valence-corrected chi connectivity index (χ4v) is 2.87. The number of nitrogens with one attached hydrogen (secondary N) is 1. The Balaban J connectivity index is 1.88. The molecule has 0 saturated carbocycles. The summed E-state index contributed by atoms with van der Waals surface area (Å²) >= 11 is 0. The minimum atomic E-state index is 0.746. The monoisotopic (exact) mass is 194 g/mol. The minimum absolute atomic E-state index is 0.746. The molecule has 2 rings (SSSR count). The normalized spacial score (nSPS) is 35.3. The summed E-state index contributed by atoms with van der Waals surface area (Å²) < 4.78 is 0. The summed E-state index contributed by atoms with van der Waals surface area (Å²) in [4.78, 5) is 2.70. The van der Waals surface area contributed by atoms with E-state index in [0.29, 0.717) is 0 Å². The van der Waals surface area contributed by atoms with Crippen molar-refractivity contribution in [2.75, 3.05) is 13.6 Å². The van der Waals surface area contributed by atoms with Gasteiger partial charge in [-0.05, 0) is 39.7 Å². The van der Waals surface area contributed by atoms with E-state index in [2.05, 4.69) is 36.3 Å². The van der Waals surface area contributed by atoms with Crippen molar-refractivity contribution >= 4 is 0 Å². The van der Waals surface area contributed by atoms with E-state index in [4.69, 9.17) is 0 Å². The average Bonchev–Trinajstić information content (AvgIpc) is 2.70. The highest BCUT2D eigenvalue weighted by molar-refractivity contribution is 5.00.